The lowest BCUT2D eigenvalue weighted by atomic mass is 9.88. The molecule has 1 aromatic carbocycles. The predicted octanol–water partition coefficient (Wildman–Crippen LogP) is 2.06. The zero-order chi connectivity index (χ0) is 10.1. The van der Waals surface area contributed by atoms with Crippen LogP contribution in [0.4, 0.5) is 5.69 Å². The van der Waals surface area contributed by atoms with Gasteiger partial charge in [0.15, 0.2) is 0 Å². The molecule has 0 bridgehead atoms. The molecule has 3 heteroatoms. The first-order valence-corrected chi connectivity index (χ1v) is 4.76. The molecule has 0 saturated carbocycles. The molecule has 0 amide bonds. The van der Waals surface area contributed by atoms with Crippen LogP contribution in [-0.2, 0) is 4.79 Å². The van der Waals surface area contributed by atoms with E-state index < -0.39 is 5.97 Å². The van der Waals surface area contributed by atoms with Crippen molar-refractivity contribution >= 4 is 11.7 Å². The van der Waals surface area contributed by atoms with E-state index in [9.17, 15) is 4.79 Å². The summed E-state index contributed by atoms with van der Waals surface area (Å²) in [4.78, 5) is 11.0. The summed E-state index contributed by atoms with van der Waals surface area (Å²) >= 11 is 0. The first kappa shape index (κ1) is 9.06. The first-order valence-electron chi connectivity index (χ1n) is 4.76. The predicted molar refractivity (Wildman–Crippen MR) is 54.5 cm³/mol. The molecule has 0 fully saturated rings. The highest BCUT2D eigenvalue weighted by atomic mass is 16.4. The maximum atomic E-state index is 11.0. The van der Waals surface area contributed by atoms with Gasteiger partial charge in [0, 0.05) is 11.7 Å². The molecular weight excluding hydrogens is 178 g/mol. The van der Waals surface area contributed by atoms with Crippen LogP contribution in [0.2, 0.25) is 0 Å². The van der Waals surface area contributed by atoms with Crippen molar-refractivity contribution in [1.82, 2.24) is 0 Å². The van der Waals surface area contributed by atoms with Gasteiger partial charge in [-0.25, -0.2) is 0 Å². The summed E-state index contributed by atoms with van der Waals surface area (Å²) in [5, 5.41) is 12.4. The Morgan fingerprint density at radius 2 is 2.21 bits per heavy atom. The Morgan fingerprint density at radius 3 is 2.93 bits per heavy atom. The van der Waals surface area contributed by atoms with Crippen molar-refractivity contribution in [3.05, 3.63) is 29.8 Å². The number of rotatable bonds is 1. The van der Waals surface area contributed by atoms with Gasteiger partial charge in [0.25, 0.3) is 0 Å². The van der Waals surface area contributed by atoms with Crippen LogP contribution in [0.3, 0.4) is 0 Å². The number of carboxylic acid groups (broad SMARTS) is 1. The van der Waals surface area contributed by atoms with Gasteiger partial charge < -0.3 is 10.4 Å². The van der Waals surface area contributed by atoms with E-state index in [1.54, 1.807) is 0 Å². The Balaban J connectivity index is 2.43. The Bertz CT molecular complexity index is 362. The van der Waals surface area contributed by atoms with E-state index in [4.69, 9.17) is 5.11 Å². The number of hydrogen-bond donors (Lipinski definition) is 2. The Labute approximate surface area is 82.8 Å². The highest BCUT2D eigenvalue weighted by Crippen LogP contribution is 2.33. The third-order valence-electron chi connectivity index (χ3n) is 2.63. The molecule has 0 unspecified atom stereocenters. The average molecular weight is 191 g/mol. The zero-order valence-electron chi connectivity index (χ0n) is 8.03. The quantitative estimate of drug-likeness (QED) is 0.714. The van der Waals surface area contributed by atoms with Crippen LogP contribution in [0, 0.1) is 0 Å². The Hall–Kier alpha value is -1.51. The molecule has 1 heterocycles. The van der Waals surface area contributed by atoms with E-state index in [0.717, 1.165) is 11.3 Å². The zero-order valence-corrected chi connectivity index (χ0v) is 8.03. The van der Waals surface area contributed by atoms with Gasteiger partial charge in [-0.15, -0.1) is 0 Å². The maximum absolute atomic E-state index is 11.0. The second-order valence-electron chi connectivity index (χ2n) is 3.76. The van der Waals surface area contributed by atoms with Crippen molar-refractivity contribution in [3.8, 4) is 0 Å². The van der Waals surface area contributed by atoms with E-state index >= 15 is 0 Å². The van der Waals surface area contributed by atoms with Crippen molar-refractivity contribution in [1.29, 1.82) is 0 Å². The number of nitrogens with one attached hydrogen (secondary N) is 1. The average Bonchev–Trinajstić information content (AvgIpc) is 2.16. The van der Waals surface area contributed by atoms with Gasteiger partial charge in [0.2, 0.25) is 0 Å². The smallest absolute Gasteiger partial charge is 0.311 e. The fraction of sp³-hybridized carbons (Fsp3) is 0.364. The molecule has 2 N–H and O–H groups in total. The molecule has 14 heavy (non-hydrogen) atoms. The number of carboxylic acids is 1. The van der Waals surface area contributed by atoms with Crippen LogP contribution >= 0.6 is 0 Å². The molecule has 0 radical (unpaired) electrons. The van der Waals surface area contributed by atoms with Crippen LogP contribution in [-0.4, -0.2) is 17.1 Å². The van der Waals surface area contributed by atoms with Gasteiger partial charge in [-0.1, -0.05) is 18.2 Å². The summed E-state index contributed by atoms with van der Waals surface area (Å²) in [6.45, 7) is 2.01. The Kier molecular flexibility index (Phi) is 2.15. The second-order valence-corrected chi connectivity index (χ2v) is 3.76. The number of anilines is 1. The normalized spacial score (nSPS) is 24.9. The summed E-state index contributed by atoms with van der Waals surface area (Å²) < 4.78 is 0. The van der Waals surface area contributed by atoms with Crippen LogP contribution in [0.1, 0.15) is 24.8 Å². The lowest BCUT2D eigenvalue weighted by molar-refractivity contribution is -0.139. The SMILES string of the molecule is C[C@@H]1C[C@@H](C(=O)O)c2ccccc2N1. The highest BCUT2D eigenvalue weighted by Gasteiger charge is 2.28. The van der Waals surface area contributed by atoms with Gasteiger partial charge in [-0.05, 0) is 25.0 Å². The summed E-state index contributed by atoms with van der Waals surface area (Å²) in [7, 11) is 0. The molecular formula is C11H13NO2. The molecule has 0 saturated heterocycles. The van der Waals surface area contributed by atoms with Gasteiger partial charge in [-0.3, -0.25) is 4.79 Å². The van der Waals surface area contributed by atoms with E-state index in [0.29, 0.717) is 6.42 Å². The maximum Gasteiger partial charge on any atom is 0.311 e. The van der Waals surface area contributed by atoms with Gasteiger partial charge in [0.1, 0.15) is 0 Å². The number of para-hydroxylation sites is 1. The molecule has 0 aromatic heterocycles. The Morgan fingerprint density at radius 1 is 1.50 bits per heavy atom. The van der Waals surface area contributed by atoms with Crippen LogP contribution in [0.15, 0.2) is 24.3 Å². The van der Waals surface area contributed by atoms with Crippen LogP contribution < -0.4 is 5.32 Å². The van der Waals surface area contributed by atoms with Crippen molar-refractivity contribution in [3.63, 3.8) is 0 Å². The summed E-state index contributed by atoms with van der Waals surface area (Å²) in [5.74, 6) is -1.09. The minimum absolute atomic E-state index is 0.228. The van der Waals surface area contributed by atoms with Crippen LogP contribution in [0.25, 0.3) is 0 Å². The largest absolute Gasteiger partial charge is 0.481 e. The fourth-order valence-corrected chi connectivity index (χ4v) is 1.97. The van der Waals surface area contributed by atoms with E-state index in [2.05, 4.69) is 5.32 Å². The molecule has 2 rings (SSSR count). The molecule has 0 aliphatic carbocycles. The lowest BCUT2D eigenvalue weighted by Gasteiger charge is -2.28. The molecule has 1 aromatic rings. The molecule has 1 aliphatic heterocycles. The van der Waals surface area contributed by atoms with Gasteiger partial charge in [-0.2, -0.15) is 0 Å². The van der Waals surface area contributed by atoms with E-state index in [1.807, 2.05) is 31.2 Å². The van der Waals surface area contributed by atoms with E-state index in [-0.39, 0.29) is 12.0 Å². The third-order valence-corrected chi connectivity index (χ3v) is 2.63. The lowest BCUT2D eigenvalue weighted by Crippen LogP contribution is -2.29. The summed E-state index contributed by atoms with van der Waals surface area (Å²) in [5.41, 5.74) is 1.86. The molecule has 74 valence electrons. The fourth-order valence-electron chi connectivity index (χ4n) is 1.97. The number of aliphatic carboxylic acids is 1. The van der Waals surface area contributed by atoms with Gasteiger partial charge >= 0.3 is 5.97 Å². The van der Waals surface area contributed by atoms with Crippen LogP contribution in [0.5, 0.6) is 0 Å². The number of carbonyl (C=O) groups is 1. The third kappa shape index (κ3) is 1.45. The number of hydrogen-bond acceptors (Lipinski definition) is 2. The second kappa shape index (κ2) is 3.33. The van der Waals surface area contributed by atoms with Crippen molar-refractivity contribution < 1.29 is 9.90 Å². The van der Waals surface area contributed by atoms with Crippen molar-refractivity contribution in [2.75, 3.05) is 5.32 Å². The minimum atomic E-state index is -0.731. The van der Waals surface area contributed by atoms with Crippen molar-refractivity contribution in [2.24, 2.45) is 0 Å². The molecule has 1 aliphatic rings. The van der Waals surface area contributed by atoms with E-state index in [1.165, 1.54) is 0 Å². The molecule has 2 atom stereocenters. The summed E-state index contributed by atoms with van der Waals surface area (Å²) in [6.07, 6.45) is 0.659. The number of benzene rings is 1. The molecule has 3 nitrogen and oxygen atoms in total. The highest BCUT2D eigenvalue weighted by molar-refractivity contribution is 5.80. The monoisotopic (exact) mass is 191 g/mol. The van der Waals surface area contributed by atoms with Gasteiger partial charge in [0.05, 0.1) is 5.92 Å². The standard InChI is InChI=1S/C11H13NO2/c1-7-6-9(11(13)14)8-4-2-3-5-10(8)12-7/h2-5,7,9,12H,6H2,1H3,(H,13,14)/t7-,9-/m1/s1. The van der Waals surface area contributed by atoms with Crippen molar-refractivity contribution in [2.45, 2.75) is 25.3 Å². The minimum Gasteiger partial charge on any atom is -0.481 e. The number of fused-ring (bicyclic) bond motifs is 1. The first-order chi connectivity index (χ1) is 6.68. The summed E-state index contributed by atoms with van der Waals surface area (Å²) in [6, 6.07) is 7.84. The molecule has 0 spiro atoms. The topological polar surface area (TPSA) is 49.3 Å².